The van der Waals surface area contributed by atoms with E-state index in [-0.39, 0.29) is 5.82 Å². The Hall–Kier alpha value is -3.39. The summed E-state index contributed by atoms with van der Waals surface area (Å²) in [4.78, 5) is 0. The molecule has 2 heteroatoms. The van der Waals surface area contributed by atoms with Crippen LogP contribution in [0, 0.1) is 5.82 Å². The Morgan fingerprint density at radius 1 is 0.765 bits per heavy atom. The molecule has 0 heterocycles. The third kappa shape index (κ3) is 5.94. The number of benzene rings is 4. The third-order valence-electron chi connectivity index (χ3n) is 6.35. The van der Waals surface area contributed by atoms with Gasteiger partial charge in [-0.1, -0.05) is 99.2 Å². The molecule has 34 heavy (non-hydrogen) atoms. The van der Waals surface area contributed by atoms with Crippen LogP contribution in [0.5, 0.6) is 5.75 Å². The Labute approximate surface area is 202 Å². The first-order valence-electron chi connectivity index (χ1n) is 12.3. The molecule has 0 atom stereocenters. The summed E-state index contributed by atoms with van der Waals surface area (Å²) < 4.78 is 20.9. The van der Waals surface area contributed by atoms with Crippen molar-refractivity contribution in [3.05, 3.63) is 114 Å². The first-order chi connectivity index (χ1) is 16.7. The molecule has 0 saturated heterocycles. The summed E-state index contributed by atoms with van der Waals surface area (Å²) in [6, 6.07) is 26.5. The fourth-order valence-corrected chi connectivity index (χ4v) is 4.35. The van der Waals surface area contributed by atoms with Crippen LogP contribution < -0.4 is 4.74 Å². The van der Waals surface area contributed by atoms with Crippen molar-refractivity contribution in [1.29, 1.82) is 0 Å². The minimum Gasteiger partial charge on any atom is -0.490 e. The lowest BCUT2D eigenvalue weighted by Crippen LogP contribution is -1.94. The second-order valence-electron chi connectivity index (χ2n) is 8.88. The molecule has 0 spiro atoms. The van der Waals surface area contributed by atoms with Gasteiger partial charge in [-0.05, 0) is 65.5 Å². The molecule has 4 rings (SSSR count). The van der Waals surface area contributed by atoms with Gasteiger partial charge in [0.05, 0.1) is 0 Å². The summed E-state index contributed by atoms with van der Waals surface area (Å²) in [6.07, 6.45) is 8.62. The summed E-state index contributed by atoms with van der Waals surface area (Å²) in [5, 5.41) is 1.60. The van der Waals surface area contributed by atoms with Gasteiger partial charge in [0.1, 0.15) is 18.2 Å². The molecule has 0 bridgehead atoms. The fourth-order valence-electron chi connectivity index (χ4n) is 4.35. The van der Waals surface area contributed by atoms with E-state index in [1.807, 2.05) is 42.5 Å². The molecule has 0 unspecified atom stereocenters. The van der Waals surface area contributed by atoms with Gasteiger partial charge in [0.2, 0.25) is 0 Å². The first kappa shape index (κ1) is 23.8. The van der Waals surface area contributed by atoms with Crippen molar-refractivity contribution in [2.45, 2.75) is 45.4 Å². The molecule has 0 radical (unpaired) electrons. The van der Waals surface area contributed by atoms with Crippen LogP contribution in [0.1, 0.15) is 42.9 Å². The SMILES string of the molecule is C=CCOc1ccc(-c2ccc3cc(CCc4ccc(CCCCC)cc4)ccc3c2F)cc1. The van der Waals surface area contributed by atoms with Crippen molar-refractivity contribution < 1.29 is 9.13 Å². The number of hydrogen-bond donors (Lipinski definition) is 0. The van der Waals surface area contributed by atoms with Crippen LogP contribution in [-0.2, 0) is 19.3 Å². The Kier molecular flexibility index (Phi) is 8.14. The first-order valence-corrected chi connectivity index (χ1v) is 12.3. The minimum atomic E-state index is -0.178. The topological polar surface area (TPSA) is 9.23 Å². The number of unbranched alkanes of at least 4 members (excludes halogenated alkanes) is 2. The van der Waals surface area contributed by atoms with Crippen LogP contribution >= 0.6 is 0 Å². The summed E-state index contributed by atoms with van der Waals surface area (Å²) in [5.74, 6) is 0.572. The minimum absolute atomic E-state index is 0.178. The molecule has 174 valence electrons. The predicted octanol–water partition coefficient (Wildman–Crippen LogP) is 8.73. The Balaban J connectivity index is 1.43. The lowest BCUT2D eigenvalue weighted by atomic mass is 9.97. The molecule has 0 amide bonds. The van der Waals surface area contributed by atoms with Crippen LogP contribution in [-0.4, -0.2) is 6.61 Å². The van der Waals surface area contributed by atoms with Crippen LogP contribution in [0.4, 0.5) is 4.39 Å². The standard InChI is InChI=1S/C32H33FO/c1-3-5-6-7-24-8-10-25(11-9-24)12-13-26-14-20-31-28(23-26)17-21-30(32(31)33)27-15-18-29(19-16-27)34-22-4-2/h4,8-11,14-21,23H,2-3,5-7,12-13,22H2,1H3. The molecule has 0 aliphatic rings. The molecule has 0 saturated carbocycles. The van der Waals surface area contributed by atoms with Crippen molar-refractivity contribution in [3.8, 4) is 16.9 Å². The van der Waals surface area contributed by atoms with E-state index in [4.69, 9.17) is 4.74 Å². The van der Waals surface area contributed by atoms with E-state index >= 15 is 4.39 Å². The van der Waals surface area contributed by atoms with Crippen molar-refractivity contribution in [1.82, 2.24) is 0 Å². The highest BCUT2D eigenvalue weighted by molar-refractivity contribution is 5.88. The van der Waals surface area contributed by atoms with Gasteiger partial charge in [-0.15, -0.1) is 0 Å². The molecule has 4 aromatic rings. The second-order valence-corrected chi connectivity index (χ2v) is 8.88. The van der Waals surface area contributed by atoms with Gasteiger partial charge in [0.15, 0.2) is 0 Å². The van der Waals surface area contributed by atoms with E-state index in [1.165, 1.54) is 42.4 Å². The van der Waals surface area contributed by atoms with E-state index in [0.29, 0.717) is 17.6 Å². The van der Waals surface area contributed by atoms with Gasteiger partial charge in [0, 0.05) is 10.9 Å². The molecule has 4 aromatic carbocycles. The van der Waals surface area contributed by atoms with Crippen LogP contribution in [0.25, 0.3) is 21.9 Å². The average Bonchev–Trinajstić information content (AvgIpc) is 2.88. The number of hydrogen-bond acceptors (Lipinski definition) is 1. The summed E-state index contributed by atoms with van der Waals surface area (Å²) in [7, 11) is 0. The highest BCUT2D eigenvalue weighted by Gasteiger charge is 2.10. The Morgan fingerprint density at radius 3 is 2.15 bits per heavy atom. The van der Waals surface area contributed by atoms with Gasteiger partial charge in [-0.2, -0.15) is 0 Å². The van der Waals surface area contributed by atoms with E-state index in [9.17, 15) is 0 Å². The number of aryl methyl sites for hydroxylation is 3. The smallest absolute Gasteiger partial charge is 0.138 e. The van der Waals surface area contributed by atoms with Gasteiger partial charge < -0.3 is 4.74 Å². The highest BCUT2D eigenvalue weighted by Crippen LogP contribution is 2.31. The highest BCUT2D eigenvalue weighted by atomic mass is 19.1. The number of rotatable bonds is 11. The maximum atomic E-state index is 15.3. The normalized spacial score (nSPS) is 11.0. The van der Waals surface area contributed by atoms with Gasteiger partial charge in [0.25, 0.3) is 0 Å². The Bertz CT molecular complexity index is 1220. The van der Waals surface area contributed by atoms with Gasteiger partial charge in [-0.25, -0.2) is 4.39 Å². The Morgan fingerprint density at radius 2 is 1.44 bits per heavy atom. The van der Waals surface area contributed by atoms with E-state index < -0.39 is 0 Å². The zero-order valence-corrected chi connectivity index (χ0v) is 20.0. The second kappa shape index (κ2) is 11.7. The summed E-state index contributed by atoms with van der Waals surface area (Å²) in [5.41, 5.74) is 5.45. The molecule has 0 aromatic heterocycles. The third-order valence-corrected chi connectivity index (χ3v) is 6.35. The molecule has 0 N–H and O–H groups in total. The largest absolute Gasteiger partial charge is 0.490 e. The average molecular weight is 453 g/mol. The zero-order chi connectivity index (χ0) is 23.8. The zero-order valence-electron chi connectivity index (χ0n) is 20.0. The summed E-state index contributed by atoms with van der Waals surface area (Å²) in [6.45, 7) is 6.35. The van der Waals surface area contributed by atoms with Crippen LogP contribution in [0.2, 0.25) is 0 Å². The van der Waals surface area contributed by atoms with Crippen molar-refractivity contribution in [2.75, 3.05) is 6.61 Å². The van der Waals surface area contributed by atoms with Crippen LogP contribution in [0.3, 0.4) is 0 Å². The lowest BCUT2D eigenvalue weighted by Gasteiger charge is -2.10. The van der Waals surface area contributed by atoms with E-state index in [2.05, 4.69) is 49.9 Å². The van der Waals surface area contributed by atoms with Crippen molar-refractivity contribution in [3.63, 3.8) is 0 Å². The monoisotopic (exact) mass is 452 g/mol. The summed E-state index contributed by atoms with van der Waals surface area (Å²) >= 11 is 0. The quantitative estimate of drug-likeness (QED) is 0.163. The molecule has 1 nitrogen and oxygen atoms in total. The number of ether oxygens (including phenoxy) is 1. The van der Waals surface area contributed by atoms with E-state index in [0.717, 1.165) is 29.5 Å². The van der Waals surface area contributed by atoms with Crippen molar-refractivity contribution in [2.24, 2.45) is 0 Å². The molecular weight excluding hydrogens is 419 g/mol. The van der Waals surface area contributed by atoms with Crippen molar-refractivity contribution >= 4 is 10.8 Å². The van der Waals surface area contributed by atoms with Crippen LogP contribution in [0.15, 0.2) is 91.5 Å². The molecular formula is C32H33FO. The molecule has 0 aliphatic heterocycles. The van der Waals surface area contributed by atoms with Gasteiger partial charge >= 0.3 is 0 Å². The fraction of sp³-hybridized carbons (Fsp3) is 0.250. The van der Waals surface area contributed by atoms with Gasteiger partial charge in [-0.3, -0.25) is 0 Å². The maximum Gasteiger partial charge on any atom is 0.138 e. The lowest BCUT2D eigenvalue weighted by molar-refractivity contribution is 0.363. The predicted molar refractivity (Wildman–Crippen MR) is 142 cm³/mol. The van der Waals surface area contributed by atoms with E-state index in [1.54, 1.807) is 6.08 Å². The molecule has 0 aliphatic carbocycles. The number of fused-ring (bicyclic) bond motifs is 1. The molecule has 0 fully saturated rings. The number of halogens is 1. The maximum absolute atomic E-state index is 15.3.